The number of anilines is 2. The molecule has 2 aromatic carbocycles. The lowest BCUT2D eigenvalue weighted by Crippen LogP contribution is -2.59. The first-order chi connectivity index (χ1) is 27.6. The van der Waals surface area contributed by atoms with E-state index in [4.69, 9.17) is 9.84 Å². The van der Waals surface area contributed by atoms with Crippen LogP contribution in [0.4, 0.5) is 20.3 Å². The molecule has 4 fully saturated rings. The Labute approximate surface area is 325 Å². The molecule has 1 saturated carbocycles. The fourth-order valence-corrected chi connectivity index (χ4v) is 8.86. The number of carbonyl (C=O) groups is 4. The summed E-state index contributed by atoms with van der Waals surface area (Å²) in [6.07, 6.45) is 9.20. The Morgan fingerprint density at radius 1 is 0.947 bits per heavy atom. The minimum Gasteiger partial charge on any atom is -0.496 e. The van der Waals surface area contributed by atoms with Gasteiger partial charge in [-0.3, -0.25) is 34.1 Å². The van der Waals surface area contributed by atoms with Crippen molar-refractivity contribution in [2.45, 2.75) is 56.5 Å². The van der Waals surface area contributed by atoms with Gasteiger partial charge in [0.15, 0.2) is 11.5 Å². The molecule has 2 N–H and O–H groups in total. The van der Waals surface area contributed by atoms with Crippen molar-refractivity contribution in [1.82, 2.24) is 39.5 Å². The maximum absolute atomic E-state index is 15.1. The second-order valence-electron chi connectivity index (χ2n) is 15.4. The van der Waals surface area contributed by atoms with Crippen molar-refractivity contribution in [3.8, 4) is 5.75 Å². The van der Waals surface area contributed by atoms with E-state index in [1.165, 1.54) is 19.2 Å². The summed E-state index contributed by atoms with van der Waals surface area (Å²) in [5.41, 5.74) is 1.77. The Morgan fingerprint density at radius 3 is 2.40 bits per heavy atom. The van der Waals surface area contributed by atoms with E-state index in [0.717, 1.165) is 49.7 Å². The third-order valence-corrected chi connectivity index (χ3v) is 12.0. The number of imidazole rings is 1. The number of halogens is 2. The SMILES string of the molecule is COc1cc2nn(C3CCC(N4CCN(C(=O)C5CN(c6cc(F)c([C@H]7CCC(=O)NC7=O)c(F)c6)C5)CC4)CC3)cc2cc1C(=O)Nc1cnc2cccnn12. The molecule has 3 aliphatic heterocycles. The first kappa shape index (κ1) is 36.7. The van der Waals surface area contributed by atoms with E-state index in [-0.39, 0.29) is 42.2 Å². The molecule has 57 heavy (non-hydrogen) atoms. The summed E-state index contributed by atoms with van der Waals surface area (Å²) >= 11 is 0. The fraction of sp³-hybridized carbons (Fsp3) is 0.425. The molecule has 1 aliphatic carbocycles. The quantitative estimate of drug-likeness (QED) is 0.221. The summed E-state index contributed by atoms with van der Waals surface area (Å²) in [4.78, 5) is 61.0. The molecule has 296 valence electrons. The molecule has 15 nitrogen and oxygen atoms in total. The van der Waals surface area contributed by atoms with Crippen molar-refractivity contribution in [3.63, 3.8) is 0 Å². The van der Waals surface area contributed by atoms with Crippen molar-refractivity contribution in [2.24, 2.45) is 5.92 Å². The number of carbonyl (C=O) groups excluding carboxylic acids is 4. The summed E-state index contributed by atoms with van der Waals surface area (Å²) in [5.74, 6) is -3.49. The van der Waals surface area contributed by atoms with Crippen molar-refractivity contribution in [3.05, 3.63) is 77.8 Å². The van der Waals surface area contributed by atoms with Gasteiger partial charge in [0, 0.05) is 86.8 Å². The molecule has 0 unspecified atom stereocenters. The molecule has 5 aromatic rings. The summed E-state index contributed by atoms with van der Waals surface area (Å²) in [6, 6.07) is 10.2. The van der Waals surface area contributed by atoms with Crippen LogP contribution in [0, 0.1) is 17.6 Å². The fourth-order valence-electron chi connectivity index (χ4n) is 8.86. The number of amides is 4. The van der Waals surface area contributed by atoms with Gasteiger partial charge in [0.2, 0.25) is 17.7 Å². The number of methoxy groups -OCH3 is 1. The number of rotatable bonds is 8. The number of nitrogens with one attached hydrogen (secondary N) is 2. The predicted octanol–water partition coefficient (Wildman–Crippen LogP) is 3.90. The number of benzene rings is 2. The van der Waals surface area contributed by atoms with Crippen LogP contribution in [0.5, 0.6) is 5.75 Å². The second-order valence-corrected chi connectivity index (χ2v) is 15.4. The number of nitrogens with zero attached hydrogens (tertiary/aromatic N) is 8. The molecule has 17 heteroatoms. The third kappa shape index (κ3) is 6.93. The van der Waals surface area contributed by atoms with E-state index in [1.54, 1.807) is 46.1 Å². The second kappa shape index (κ2) is 14.8. The molecule has 3 saturated heterocycles. The highest BCUT2D eigenvalue weighted by atomic mass is 19.1. The van der Waals surface area contributed by atoms with Crippen molar-refractivity contribution in [2.75, 3.05) is 56.6 Å². The van der Waals surface area contributed by atoms with Gasteiger partial charge < -0.3 is 19.9 Å². The van der Waals surface area contributed by atoms with Crippen LogP contribution in [0.1, 0.15) is 66.4 Å². The van der Waals surface area contributed by atoms with Gasteiger partial charge in [0.25, 0.3) is 5.91 Å². The van der Waals surface area contributed by atoms with Gasteiger partial charge in [-0.05, 0) is 62.4 Å². The Kier molecular flexibility index (Phi) is 9.54. The van der Waals surface area contributed by atoms with Crippen LogP contribution in [-0.4, -0.2) is 110 Å². The van der Waals surface area contributed by atoms with Gasteiger partial charge in [-0.2, -0.15) is 14.7 Å². The highest BCUT2D eigenvalue weighted by Crippen LogP contribution is 2.36. The highest BCUT2D eigenvalue weighted by molar-refractivity contribution is 6.08. The first-order valence-corrected chi connectivity index (χ1v) is 19.4. The Hall–Kier alpha value is -5.97. The molecule has 0 radical (unpaired) electrons. The monoisotopic (exact) mass is 780 g/mol. The van der Waals surface area contributed by atoms with E-state index in [0.29, 0.717) is 60.7 Å². The number of fused-ring (bicyclic) bond motifs is 2. The number of aromatic nitrogens is 5. The highest BCUT2D eigenvalue weighted by Gasteiger charge is 2.39. The lowest BCUT2D eigenvalue weighted by atomic mass is 9.89. The maximum Gasteiger partial charge on any atom is 0.260 e. The number of ether oxygens (including phenoxy) is 1. The standard InChI is InChI=1S/C40H42F2N10O5/c1-57-33-18-32-23(15-29(33)39(55)45-35-19-43-34-3-2-10-44-52(34)35)22-51(47-32)26-6-4-25(5-7-26)48-11-13-49(14-12-48)40(56)24-20-50(21-24)27-16-30(41)37(31(42)17-27)28-8-9-36(53)46-38(28)54/h2-3,10,15-19,22,24-26,28H,4-9,11-14,20-21H2,1H3,(H,45,55)(H,46,53,54)/t25?,26?,28-/m1/s1. The van der Waals surface area contributed by atoms with E-state index in [2.05, 4.69) is 25.6 Å². The van der Waals surface area contributed by atoms with Crippen LogP contribution >= 0.6 is 0 Å². The maximum atomic E-state index is 15.1. The Balaban J connectivity index is 0.759. The molecule has 4 aliphatic rings. The minimum absolute atomic E-state index is 0.0282. The van der Waals surface area contributed by atoms with Gasteiger partial charge in [0.1, 0.15) is 17.4 Å². The summed E-state index contributed by atoms with van der Waals surface area (Å²) in [7, 11) is 1.53. The van der Waals surface area contributed by atoms with Gasteiger partial charge in [-0.1, -0.05) is 0 Å². The van der Waals surface area contributed by atoms with Crippen LogP contribution in [-0.2, 0) is 14.4 Å². The van der Waals surface area contributed by atoms with Crippen LogP contribution in [0.2, 0.25) is 0 Å². The summed E-state index contributed by atoms with van der Waals surface area (Å²) in [5, 5.41) is 15.0. The lowest BCUT2D eigenvalue weighted by molar-refractivity contribution is -0.138. The predicted molar refractivity (Wildman–Crippen MR) is 204 cm³/mol. The Morgan fingerprint density at radius 2 is 1.68 bits per heavy atom. The third-order valence-electron chi connectivity index (χ3n) is 12.0. The zero-order chi connectivity index (χ0) is 39.4. The van der Waals surface area contributed by atoms with Gasteiger partial charge in [-0.15, -0.1) is 0 Å². The normalized spacial score (nSPS) is 22.1. The summed E-state index contributed by atoms with van der Waals surface area (Å²) in [6.45, 7) is 3.58. The van der Waals surface area contributed by atoms with Gasteiger partial charge in [0.05, 0.1) is 42.3 Å². The largest absolute Gasteiger partial charge is 0.496 e. The van der Waals surface area contributed by atoms with E-state index in [9.17, 15) is 19.2 Å². The first-order valence-electron chi connectivity index (χ1n) is 19.4. The number of imide groups is 1. The molecule has 0 bridgehead atoms. The molecule has 1 atom stereocenters. The number of piperazine rings is 1. The molecule has 4 amide bonds. The van der Waals surface area contributed by atoms with E-state index < -0.39 is 29.4 Å². The van der Waals surface area contributed by atoms with Crippen molar-refractivity contribution in [1.29, 1.82) is 0 Å². The Bertz CT molecular complexity index is 2370. The number of hydrogen-bond acceptors (Lipinski definition) is 10. The van der Waals surface area contributed by atoms with E-state index >= 15 is 8.78 Å². The molecular weight excluding hydrogens is 739 g/mol. The summed E-state index contributed by atoms with van der Waals surface area (Å²) < 4.78 is 39.3. The average Bonchev–Trinajstić information content (AvgIpc) is 3.81. The lowest BCUT2D eigenvalue weighted by Gasteiger charge is -2.45. The molecule has 0 spiro atoms. The van der Waals surface area contributed by atoms with Crippen LogP contribution in [0.25, 0.3) is 16.6 Å². The van der Waals surface area contributed by atoms with Gasteiger partial charge >= 0.3 is 0 Å². The van der Waals surface area contributed by atoms with Crippen molar-refractivity contribution >= 4 is 51.7 Å². The smallest absolute Gasteiger partial charge is 0.260 e. The van der Waals surface area contributed by atoms with E-state index in [1.807, 2.05) is 15.8 Å². The molecular formula is C40H42F2N10O5. The van der Waals surface area contributed by atoms with Crippen LogP contribution < -0.4 is 20.3 Å². The minimum atomic E-state index is -1.05. The molecule has 3 aromatic heterocycles. The molecule has 6 heterocycles. The number of piperidine rings is 1. The van der Waals surface area contributed by atoms with Crippen LogP contribution in [0.15, 0.2) is 55.0 Å². The molecule has 9 rings (SSSR count). The number of hydrogen-bond donors (Lipinski definition) is 2. The topological polar surface area (TPSA) is 159 Å². The van der Waals surface area contributed by atoms with Gasteiger partial charge in [-0.25, -0.2) is 13.8 Å². The van der Waals surface area contributed by atoms with Crippen LogP contribution in [0.3, 0.4) is 0 Å². The zero-order valence-electron chi connectivity index (χ0n) is 31.4. The zero-order valence-corrected chi connectivity index (χ0v) is 31.4. The van der Waals surface area contributed by atoms with Crippen molar-refractivity contribution < 1.29 is 32.7 Å². The average molecular weight is 781 g/mol.